The van der Waals surface area contributed by atoms with E-state index in [0.29, 0.717) is 24.4 Å². The van der Waals surface area contributed by atoms with E-state index in [2.05, 4.69) is 53.7 Å². The third kappa shape index (κ3) is 5.03. The minimum absolute atomic E-state index is 0.313. The number of hydrogen-bond donors (Lipinski definition) is 1. The van der Waals surface area contributed by atoms with Gasteiger partial charge in [-0.05, 0) is 48.3 Å². The number of aliphatic hydroxyl groups is 1. The van der Waals surface area contributed by atoms with E-state index >= 15 is 0 Å². The lowest BCUT2D eigenvalue weighted by molar-refractivity contribution is 0.0276. The maximum absolute atomic E-state index is 9.96. The molecule has 0 bridgehead atoms. The van der Waals surface area contributed by atoms with Gasteiger partial charge in [0, 0.05) is 0 Å². The van der Waals surface area contributed by atoms with Gasteiger partial charge in [0.15, 0.2) is 0 Å². The summed E-state index contributed by atoms with van der Waals surface area (Å²) in [4.78, 5) is 0. The topological polar surface area (TPSA) is 29.5 Å². The average Bonchev–Trinajstić information content (AvgIpc) is 2.33. The predicted octanol–water partition coefficient (Wildman–Crippen LogP) is 5.21. The first-order valence-electron chi connectivity index (χ1n) is 8.05. The maximum atomic E-state index is 9.96. The van der Waals surface area contributed by atoms with Crippen molar-refractivity contribution in [1.82, 2.24) is 0 Å². The summed E-state index contributed by atoms with van der Waals surface area (Å²) in [6.07, 6.45) is 0. The van der Waals surface area contributed by atoms with E-state index in [1.807, 2.05) is 0 Å². The van der Waals surface area contributed by atoms with Crippen LogP contribution in [0.25, 0.3) is 0 Å². The summed E-state index contributed by atoms with van der Waals surface area (Å²) in [5.74, 6) is 2.27. The molecule has 0 aliphatic carbocycles. The van der Waals surface area contributed by atoms with Crippen LogP contribution in [0, 0.1) is 0 Å². The van der Waals surface area contributed by atoms with Gasteiger partial charge in [-0.25, -0.2) is 0 Å². The molecule has 1 aromatic carbocycles. The highest BCUT2D eigenvalue weighted by atomic mass is 16.5. The second-order valence-corrected chi connectivity index (χ2v) is 7.59. The van der Waals surface area contributed by atoms with Crippen LogP contribution in [0.2, 0.25) is 0 Å². The highest BCUT2D eigenvalue weighted by Crippen LogP contribution is 2.38. The maximum Gasteiger partial charge on any atom is 0.126 e. The molecule has 0 heterocycles. The van der Waals surface area contributed by atoms with E-state index < -0.39 is 5.60 Å². The minimum Gasteiger partial charge on any atom is -0.490 e. The van der Waals surface area contributed by atoms with Crippen molar-refractivity contribution in [2.75, 3.05) is 6.61 Å². The number of rotatable bonds is 6. The molecule has 0 atom stereocenters. The fraction of sp³-hybridized carbons (Fsp3) is 0.684. The highest BCUT2D eigenvalue weighted by Gasteiger charge is 2.21. The molecule has 0 unspecified atom stereocenters. The monoisotopic (exact) mass is 292 g/mol. The zero-order valence-corrected chi connectivity index (χ0v) is 14.9. The first-order chi connectivity index (χ1) is 9.53. The van der Waals surface area contributed by atoms with Gasteiger partial charge in [-0.1, -0.05) is 53.7 Å². The summed E-state index contributed by atoms with van der Waals surface area (Å²) in [6.45, 7) is 17.1. The van der Waals surface area contributed by atoms with Crippen LogP contribution < -0.4 is 4.74 Å². The van der Waals surface area contributed by atoms with Gasteiger partial charge in [0.2, 0.25) is 0 Å². The Morgan fingerprint density at radius 1 is 0.905 bits per heavy atom. The lowest BCUT2D eigenvalue weighted by Crippen LogP contribution is -2.28. The zero-order chi connectivity index (χ0) is 16.4. The van der Waals surface area contributed by atoms with Gasteiger partial charge < -0.3 is 9.84 Å². The Morgan fingerprint density at radius 3 is 1.62 bits per heavy atom. The van der Waals surface area contributed by atoms with E-state index in [0.717, 1.165) is 5.75 Å². The molecule has 0 aliphatic rings. The van der Waals surface area contributed by atoms with Crippen molar-refractivity contribution in [3.63, 3.8) is 0 Å². The fourth-order valence-electron chi connectivity index (χ4n) is 2.31. The highest BCUT2D eigenvalue weighted by molar-refractivity contribution is 5.48. The van der Waals surface area contributed by atoms with E-state index in [1.54, 1.807) is 13.8 Å². The van der Waals surface area contributed by atoms with Gasteiger partial charge in [-0.2, -0.15) is 0 Å². The van der Waals surface area contributed by atoms with Gasteiger partial charge >= 0.3 is 0 Å². The van der Waals surface area contributed by atoms with Crippen LogP contribution in [0.1, 0.15) is 89.8 Å². The van der Waals surface area contributed by atoms with Gasteiger partial charge in [0.25, 0.3) is 0 Å². The number of benzene rings is 1. The van der Waals surface area contributed by atoms with Crippen molar-refractivity contribution in [2.45, 2.75) is 78.7 Å². The molecule has 0 radical (unpaired) electrons. The quantitative estimate of drug-likeness (QED) is 0.780. The van der Waals surface area contributed by atoms with E-state index in [-0.39, 0.29) is 0 Å². The van der Waals surface area contributed by atoms with Gasteiger partial charge in [0.05, 0.1) is 5.60 Å². The van der Waals surface area contributed by atoms with E-state index in [9.17, 15) is 5.11 Å². The van der Waals surface area contributed by atoms with Crippen LogP contribution in [-0.2, 0) is 0 Å². The lowest BCUT2D eigenvalue weighted by Gasteiger charge is -2.25. The van der Waals surface area contributed by atoms with Gasteiger partial charge in [-0.3, -0.25) is 0 Å². The van der Waals surface area contributed by atoms with Crippen molar-refractivity contribution in [1.29, 1.82) is 0 Å². The average molecular weight is 292 g/mol. The first kappa shape index (κ1) is 18.0. The van der Waals surface area contributed by atoms with Gasteiger partial charge in [-0.15, -0.1) is 0 Å². The molecule has 2 nitrogen and oxygen atoms in total. The molecule has 1 rings (SSSR count). The summed E-state index contributed by atoms with van der Waals surface area (Å²) in [5.41, 5.74) is 3.03. The molecule has 0 saturated carbocycles. The van der Waals surface area contributed by atoms with Crippen LogP contribution in [0.3, 0.4) is 0 Å². The molecular weight excluding hydrogens is 260 g/mol. The van der Waals surface area contributed by atoms with E-state index in [4.69, 9.17) is 4.74 Å². The van der Waals surface area contributed by atoms with Crippen molar-refractivity contribution >= 4 is 0 Å². The minimum atomic E-state index is -0.820. The summed E-state index contributed by atoms with van der Waals surface area (Å²) in [5, 5.41) is 9.96. The van der Waals surface area contributed by atoms with Crippen molar-refractivity contribution in [3.05, 3.63) is 28.8 Å². The Bertz CT molecular complexity index is 436. The molecule has 1 N–H and O–H groups in total. The van der Waals surface area contributed by atoms with Crippen molar-refractivity contribution in [3.8, 4) is 5.75 Å². The SMILES string of the molecule is CC(C)c1cc(C(C)C)c(OCC(C)(C)O)c(C(C)C)c1. The standard InChI is InChI=1S/C19H32O2/c1-12(2)15-9-16(13(3)4)18(17(10-15)14(5)6)21-11-19(7,8)20/h9-10,12-14,20H,11H2,1-8H3. The molecule has 0 saturated heterocycles. The number of ether oxygens (including phenoxy) is 1. The van der Waals surface area contributed by atoms with Gasteiger partial charge in [0.1, 0.15) is 12.4 Å². The molecule has 0 aliphatic heterocycles. The lowest BCUT2D eigenvalue weighted by atomic mass is 9.88. The second kappa shape index (κ2) is 6.83. The smallest absolute Gasteiger partial charge is 0.126 e. The fourth-order valence-corrected chi connectivity index (χ4v) is 2.31. The van der Waals surface area contributed by atoms with Crippen LogP contribution >= 0.6 is 0 Å². The third-order valence-electron chi connectivity index (χ3n) is 3.65. The molecule has 2 heteroatoms. The predicted molar refractivity (Wildman–Crippen MR) is 90.5 cm³/mol. The molecule has 0 fully saturated rings. The Kier molecular flexibility index (Phi) is 5.86. The summed E-state index contributed by atoms with van der Waals surface area (Å²) < 4.78 is 6.04. The van der Waals surface area contributed by atoms with Crippen LogP contribution in [0.4, 0.5) is 0 Å². The Balaban J connectivity index is 3.36. The van der Waals surface area contributed by atoms with Crippen LogP contribution in [0.15, 0.2) is 12.1 Å². The summed E-state index contributed by atoms with van der Waals surface area (Å²) in [6, 6.07) is 4.53. The normalized spacial score (nSPS) is 12.6. The summed E-state index contributed by atoms with van der Waals surface area (Å²) in [7, 11) is 0. The Morgan fingerprint density at radius 2 is 1.33 bits per heavy atom. The zero-order valence-electron chi connectivity index (χ0n) is 14.9. The van der Waals surface area contributed by atoms with E-state index in [1.165, 1.54) is 16.7 Å². The number of hydrogen-bond acceptors (Lipinski definition) is 2. The Labute approximate surface area is 130 Å². The van der Waals surface area contributed by atoms with Crippen LogP contribution in [0.5, 0.6) is 5.75 Å². The molecular formula is C19H32O2. The largest absolute Gasteiger partial charge is 0.490 e. The third-order valence-corrected chi connectivity index (χ3v) is 3.65. The summed E-state index contributed by atoms with van der Waals surface area (Å²) >= 11 is 0. The second-order valence-electron chi connectivity index (χ2n) is 7.59. The molecule has 0 amide bonds. The van der Waals surface area contributed by atoms with Crippen molar-refractivity contribution < 1.29 is 9.84 Å². The molecule has 120 valence electrons. The molecule has 0 aromatic heterocycles. The molecule has 1 aromatic rings. The molecule has 21 heavy (non-hydrogen) atoms. The van der Waals surface area contributed by atoms with Crippen molar-refractivity contribution in [2.24, 2.45) is 0 Å². The molecule has 0 spiro atoms. The Hall–Kier alpha value is -1.02. The first-order valence-corrected chi connectivity index (χ1v) is 8.05. The van der Waals surface area contributed by atoms with Crippen LogP contribution in [-0.4, -0.2) is 17.3 Å².